The number of nitrogens with one attached hydrogen (secondary N) is 1. The minimum atomic E-state index is 0.321. The van der Waals surface area contributed by atoms with Crippen LogP contribution in [0.5, 0.6) is 5.75 Å². The zero-order valence-corrected chi connectivity index (χ0v) is 15.3. The minimum absolute atomic E-state index is 0.321. The maximum atomic E-state index is 10.7. The van der Waals surface area contributed by atoms with E-state index in [-0.39, 0.29) is 0 Å². The molecular formula is C23H22N2O2. The van der Waals surface area contributed by atoms with Gasteiger partial charge in [-0.15, -0.1) is 0 Å². The van der Waals surface area contributed by atoms with E-state index in [2.05, 4.69) is 47.1 Å². The van der Waals surface area contributed by atoms with Crippen molar-refractivity contribution in [2.24, 2.45) is 0 Å². The van der Waals surface area contributed by atoms with E-state index in [4.69, 9.17) is 4.74 Å². The standard InChI is InChI=1S/C23H22N2O2/c1-15-6-8-16(9-7-15)21-23(25-10-12-27-13-11-25)19-14-20(26)17-4-2-3-5-18(17)22(19)24-21/h2-9,14,24,26H,10-13H2,1H3. The van der Waals surface area contributed by atoms with Crippen molar-refractivity contribution in [3.8, 4) is 17.0 Å². The summed E-state index contributed by atoms with van der Waals surface area (Å²) < 4.78 is 5.56. The zero-order chi connectivity index (χ0) is 18.4. The first-order valence-corrected chi connectivity index (χ1v) is 9.38. The number of H-pyrrole nitrogens is 1. The third-order valence-corrected chi connectivity index (χ3v) is 5.43. The van der Waals surface area contributed by atoms with Crippen LogP contribution in [0.2, 0.25) is 0 Å². The fourth-order valence-electron chi connectivity index (χ4n) is 4.04. The van der Waals surface area contributed by atoms with E-state index in [0.717, 1.165) is 64.9 Å². The second-order valence-electron chi connectivity index (χ2n) is 7.18. The third kappa shape index (κ3) is 2.64. The zero-order valence-electron chi connectivity index (χ0n) is 15.3. The van der Waals surface area contributed by atoms with Crippen LogP contribution in [0.1, 0.15) is 5.56 Å². The highest BCUT2D eigenvalue weighted by atomic mass is 16.5. The SMILES string of the molecule is Cc1ccc(-c2[nH]c3c(cc(O)c4ccccc43)c2N2CCOCC2)cc1. The first-order chi connectivity index (χ1) is 13.2. The molecule has 0 aliphatic carbocycles. The number of hydrogen-bond donors (Lipinski definition) is 2. The highest BCUT2D eigenvalue weighted by Crippen LogP contribution is 2.43. The second kappa shape index (κ2) is 6.32. The van der Waals surface area contributed by atoms with Gasteiger partial charge in [0.1, 0.15) is 5.75 Å². The number of aryl methyl sites for hydroxylation is 1. The summed E-state index contributed by atoms with van der Waals surface area (Å²) in [7, 11) is 0. The van der Waals surface area contributed by atoms with Gasteiger partial charge in [0.25, 0.3) is 0 Å². The molecule has 0 amide bonds. The van der Waals surface area contributed by atoms with E-state index in [1.165, 1.54) is 5.56 Å². The van der Waals surface area contributed by atoms with Crippen molar-refractivity contribution >= 4 is 27.4 Å². The van der Waals surface area contributed by atoms with Crippen molar-refractivity contribution in [3.05, 3.63) is 60.2 Å². The lowest BCUT2D eigenvalue weighted by molar-refractivity contribution is 0.123. The van der Waals surface area contributed by atoms with E-state index in [1.54, 1.807) is 0 Å². The van der Waals surface area contributed by atoms with Gasteiger partial charge in [0.05, 0.1) is 30.1 Å². The number of anilines is 1. The number of aromatic nitrogens is 1. The summed E-state index contributed by atoms with van der Waals surface area (Å²) >= 11 is 0. The average Bonchev–Trinajstić information content (AvgIpc) is 3.09. The molecule has 1 aliphatic rings. The molecule has 4 aromatic rings. The molecule has 1 aromatic heterocycles. The fourth-order valence-corrected chi connectivity index (χ4v) is 4.04. The summed E-state index contributed by atoms with van der Waals surface area (Å²) in [4.78, 5) is 6.04. The molecule has 0 unspecified atom stereocenters. The van der Waals surface area contributed by atoms with E-state index in [9.17, 15) is 5.11 Å². The number of aromatic amines is 1. The van der Waals surface area contributed by atoms with Gasteiger partial charge in [-0.3, -0.25) is 0 Å². The Kier molecular flexibility index (Phi) is 3.80. The molecule has 5 rings (SSSR count). The predicted octanol–water partition coefficient (Wildman–Crippen LogP) is 4.84. The molecule has 27 heavy (non-hydrogen) atoms. The Morgan fingerprint density at radius 2 is 1.63 bits per heavy atom. The molecule has 0 atom stereocenters. The lowest BCUT2D eigenvalue weighted by Gasteiger charge is -2.29. The van der Waals surface area contributed by atoms with Crippen molar-refractivity contribution in [2.75, 3.05) is 31.2 Å². The normalized spacial score (nSPS) is 14.9. The van der Waals surface area contributed by atoms with Crippen molar-refractivity contribution in [1.29, 1.82) is 0 Å². The highest BCUT2D eigenvalue weighted by molar-refractivity contribution is 6.15. The summed E-state index contributed by atoms with van der Waals surface area (Å²) in [6.45, 7) is 5.24. The van der Waals surface area contributed by atoms with Gasteiger partial charge < -0.3 is 19.7 Å². The quantitative estimate of drug-likeness (QED) is 0.539. The summed E-state index contributed by atoms with van der Waals surface area (Å²) in [6.07, 6.45) is 0. The van der Waals surface area contributed by atoms with Crippen molar-refractivity contribution in [2.45, 2.75) is 6.92 Å². The van der Waals surface area contributed by atoms with E-state index in [1.807, 2.05) is 24.3 Å². The van der Waals surface area contributed by atoms with Crippen LogP contribution in [0.4, 0.5) is 5.69 Å². The van der Waals surface area contributed by atoms with Gasteiger partial charge in [-0.2, -0.15) is 0 Å². The summed E-state index contributed by atoms with van der Waals surface area (Å²) in [6, 6.07) is 18.5. The van der Waals surface area contributed by atoms with E-state index < -0.39 is 0 Å². The Morgan fingerprint density at radius 3 is 2.37 bits per heavy atom. The van der Waals surface area contributed by atoms with Gasteiger partial charge in [-0.1, -0.05) is 54.1 Å². The Bertz CT molecular complexity index is 1120. The Morgan fingerprint density at radius 1 is 0.926 bits per heavy atom. The van der Waals surface area contributed by atoms with Gasteiger partial charge in [0, 0.05) is 34.8 Å². The van der Waals surface area contributed by atoms with Crippen LogP contribution in [-0.4, -0.2) is 36.4 Å². The summed E-state index contributed by atoms with van der Waals surface area (Å²) in [5.74, 6) is 0.321. The number of fused-ring (bicyclic) bond motifs is 3. The predicted molar refractivity (Wildman–Crippen MR) is 111 cm³/mol. The third-order valence-electron chi connectivity index (χ3n) is 5.43. The molecule has 4 nitrogen and oxygen atoms in total. The smallest absolute Gasteiger partial charge is 0.124 e. The van der Waals surface area contributed by atoms with Crippen molar-refractivity contribution < 1.29 is 9.84 Å². The van der Waals surface area contributed by atoms with Crippen molar-refractivity contribution in [3.63, 3.8) is 0 Å². The lowest BCUT2D eigenvalue weighted by Crippen LogP contribution is -2.36. The summed E-state index contributed by atoms with van der Waals surface area (Å²) in [5.41, 5.74) is 5.72. The molecule has 1 aliphatic heterocycles. The van der Waals surface area contributed by atoms with Crippen LogP contribution in [0.3, 0.4) is 0 Å². The number of phenols is 1. The molecule has 0 bridgehead atoms. The number of ether oxygens (including phenoxy) is 1. The monoisotopic (exact) mass is 358 g/mol. The highest BCUT2D eigenvalue weighted by Gasteiger charge is 2.23. The first kappa shape index (κ1) is 16.2. The molecule has 0 spiro atoms. The van der Waals surface area contributed by atoms with Gasteiger partial charge >= 0.3 is 0 Å². The number of nitrogens with zero attached hydrogens (tertiary/aromatic N) is 1. The van der Waals surface area contributed by atoms with Gasteiger partial charge in [-0.25, -0.2) is 0 Å². The number of morpholine rings is 1. The number of benzene rings is 3. The summed E-state index contributed by atoms with van der Waals surface area (Å²) in [5, 5.41) is 13.6. The lowest BCUT2D eigenvalue weighted by atomic mass is 10.0. The molecule has 0 saturated carbocycles. The first-order valence-electron chi connectivity index (χ1n) is 9.38. The van der Waals surface area contributed by atoms with Crippen LogP contribution in [0.25, 0.3) is 32.9 Å². The number of rotatable bonds is 2. The van der Waals surface area contributed by atoms with Gasteiger partial charge in [0.2, 0.25) is 0 Å². The van der Waals surface area contributed by atoms with Crippen LogP contribution in [-0.2, 0) is 4.74 Å². The molecule has 1 fully saturated rings. The van der Waals surface area contributed by atoms with E-state index in [0.29, 0.717) is 5.75 Å². The number of aromatic hydroxyl groups is 1. The van der Waals surface area contributed by atoms with Gasteiger partial charge in [-0.05, 0) is 13.0 Å². The maximum Gasteiger partial charge on any atom is 0.124 e. The topological polar surface area (TPSA) is 48.5 Å². The van der Waals surface area contributed by atoms with Gasteiger partial charge in [0.15, 0.2) is 0 Å². The number of hydrogen-bond acceptors (Lipinski definition) is 3. The molecule has 2 N–H and O–H groups in total. The minimum Gasteiger partial charge on any atom is -0.507 e. The molecule has 136 valence electrons. The second-order valence-corrected chi connectivity index (χ2v) is 7.18. The largest absolute Gasteiger partial charge is 0.507 e. The van der Waals surface area contributed by atoms with Crippen LogP contribution >= 0.6 is 0 Å². The van der Waals surface area contributed by atoms with E-state index >= 15 is 0 Å². The number of phenolic OH excluding ortho intramolecular Hbond substituents is 1. The molecular weight excluding hydrogens is 336 g/mol. The Hall–Kier alpha value is -2.98. The Balaban J connectivity index is 1.84. The van der Waals surface area contributed by atoms with Crippen molar-refractivity contribution in [1.82, 2.24) is 4.98 Å². The fraction of sp³-hybridized carbons (Fsp3) is 0.217. The molecule has 3 aromatic carbocycles. The van der Waals surface area contributed by atoms with Crippen LogP contribution in [0.15, 0.2) is 54.6 Å². The molecule has 4 heteroatoms. The molecule has 0 radical (unpaired) electrons. The average molecular weight is 358 g/mol. The van der Waals surface area contributed by atoms with Crippen LogP contribution < -0.4 is 4.90 Å². The maximum absolute atomic E-state index is 10.7. The molecule has 1 saturated heterocycles. The van der Waals surface area contributed by atoms with Crippen LogP contribution in [0, 0.1) is 6.92 Å². The Labute approximate surface area is 158 Å². The molecule has 2 heterocycles.